The maximum Gasteiger partial charge on any atom is 0.305 e. The summed E-state index contributed by atoms with van der Waals surface area (Å²) >= 11 is 3.27. The second kappa shape index (κ2) is 34.0. The molecule has 6 saturated heterocycles. The minimum absolute atomic E-state index is 0.0332. The normalized spacial score (nSPS) is 19.1. The number of carbonyl (C=O) groups is 2. The number of thiazole rings is 2. The number of anilines is 4. The molecule has 2 unspecified atom stereocenters. The number of aliphatic carboxylic acids is 1. The lowest BCUT2D eigenvalue weighted by atomic mass is 10.1. The molecule has 21 nitrogen and oxygen atoms in total. The monoisotopic (exact) mass is 1240 g/mol. The maximum atomic E-state index is 13.3. The first-order valence-electron chi connectivity index (χ1n) is 31.7. The Kier molecular flexibility index (Phi) is 25.0. The molecular formula is C63H91FN14O7S2. The molecule has 6 fully saturated rings. The third-order valence-electron chi connectivity index (χ3n) is 17.0. The van der Waals surface area contributed by atoms with Crippen LogP contribution in [0.4, 0.5) is 26.0 Å². The van der Waals surface area contributed by atoms with Gasteiger partial charge in [0.15, 0.2) is 10.3 Å². The highest BCUT2D eigenvalue weighted by Gasteiger charge is 2.32. The Morgan fingerprint density at radius 1 is 0.621 bits per heavy atom. The van der Waals surface area contributed by atoms with Crippen LogP contribution in [0.5, 0.6) is 11.5 Å². The predicted octanol–water partition coefficient (Wildman–Crippen LogP) is 7.28. The van der Waals surface area contributed by atoms with Gasteiger partial charge in [0.25, 0.3) is 0 Å². The molecule has 87 heavy (non-hydrogen) atoms. The van der Waals surface area contributed by atoms with Crippen molar-refractivity contribution in [2.75, 3.05) is 198 Å². The Hall–Kier alpha value is -6.09. The molecule has 0 saturated carbocycles. The van der Waals surface area contributed by atoms with Gasteiger partial charge in [-0.05, 0) is 101 Å². The van der Waals surface area contributed by atoms with Gasteiger partial charge in [-0.2, -0.15) is 0 Å². The van der Waals surface area contributed by atoms with Crippen LogP contribution in [0, 0.1) is 0 Å². The molecule has 0 spiro atoms. The van der Waals surface area contributed by atoms with E-state index in [0.29, 0.717) is 26.2 Å². The molecule has 6 aliphatic heterocycles. The number of halogens is 1. The Morgan fingerprint density at radius 3 is 1.53 bits per heavy atom. The third kappa shape index (κ3) is 17.8. The number of carboxylic acids is 1. The highest BCUT2D eigenvalue weighted by Crippen LogP contribution is 2.39. The highest BCUT2D eigenvalue weighted by molar-refractivity contribution is 7.14. The van der Waals surface area contributed by atoms with Gasteiger partial charge in [0.05, 0.1) is 90.1 Å². The average Bonchev–Trinajstić information content (AvgIpc) is 4.49. The molecule has 2 atom stereocenters. The first kappa shape index (κ1) is 63.9. The van der Waals surface area contributed by atoms with Gasteiger partial charge in [-0.3, -0.25) is 33.7 Å². The summed E-state index contributed by atoms with van der Waals surface area (Å²) in [7, 11) is 2.42. The van der Waals surface area contributed by atoms with Crippen LogP contribution in [0.2, 0.25) is 0 Å². The number of rotatable bonds is 19. The Balaban J connectivity index is 0.000000181. The number of alkyl halides is 1. The van der Waals surface area contributed by atoms with Gasteiger partial charge in [0, 0.05) is 145 Å². The quantitative estimate of drug-likeness (QED) is 0.0728. The average molecular weight is 1240 g/mol. The van der Waals surface area contributed by atoms with Crippen molar-refractivity contribution in [1.82, 2.24) is 44.9 Å². The first-order chi connectivity index (χ1) is 43.2. The summed E-state index contributed by atoms with van der Waals surface area (Å²) in [6, 6.07) is 15.9. The number of aromatic nitrogens is 4. The number of nitrogens with two attached hydrogens (primary N) is 1. The molecule has 2 aromatic carbocycles. The molecule has 24 heteroatoms. The minimum atomic E-state index is -1.00. The van der Waals surface area contributed by atoms with E-state index in [2.05, 4.69) is 73.1 Å². The SMILES string of the molecule is COc1ccc2cccnc2c1N1CCCN(C(CC(=O)NCCN2CCCC2)c2csc(N3CCOCC3)n2)CC1.COc1ccc2cccnc2c1N1CCCN(C(CC(=O)O)c2csc(N3CCOCC3)n2)CC1.NCCN1CCCC1.[2H]CF. The zero-order valence-electron chi connectivity index (χ0n) is 52.0. The summed E-state index contributed by atoms with van der Waals surface area (Å²) in [5, 5.41) is 21.3. The van der Waals surface area contributed by atoms with Crippen LogP contribution < -0.4 is 40.1 Å². The number of morpholine rings is 2. The Bertz CT molecular complexity index is 3070. The van der Waals surface area contributed by atoms with Crippen LogP contribution in [0.1, 0.15) is 76.2 Å². The molecule has 6 aromatic rings. The topological polar surface area (TPSA) is 207 Å². The van der Waals surface area contributed by atoms with Crippen molar-refractivity contribution in [3.63, 3.8) is 0 Å². The number of nitrogens with zero attached hydrogens (tertiary/aromatic N) is 12. The number of hydrogen-bond acceptors (Lipinski definition) is 21. The van der Waals surface area contributed by atoms with E-state index < -0.39 is 13.1 Å². The van der Waals surface area contributed by atoms with Crippen molar-refractivity contribution in [3.8, 4) is 11.5 Å². The number of hydrogen-bond donors (Lipinski definition) is 3. The molecule has 474 valence electrons. The zero-order chi connectivity index (χ0) is 61.5. The summed E-state index contributed by atoms with van der Waals surface area (Å²) in [6.45, 7) is 21.1. The molecular weight excluding hydrogens is 1150 g/mol. The number of carboxylic acid groups (broad SMARTS) is 1. The number of fused-ring (bicyclic) bond motifs is 2. The molecule has 4 aromatic heterocycles. The second-order valence-electron chi connectivity index (χ2n) is 22.5. The van der Waals surface area contributed by atoms with Gasteiger partial charge in [0.1, 0.15) is 22.9 Å². The number of benzene rings is 2. The molecule has 12 rings (SSSR count). The number of pyridine rings is 2. The largest absolute Gasteiger partial charge is 0.494 e. The van der Waals surface area contributed by atoms with Crippen LogP contribution in [0.25, 0.3) is 21.8 Å². The predicted molar refractivity (Wildman–Crippen MR) is 346 cm³/mol. The smallest absolute Gasteiger partial charge is 0.305 e. The number of methoxy groups -OCH3 is 2. The van der Waals surface area contributed by atoms with Crippen molar-refractivity contribution < 1.29 is 39.4 Å². The van der Waals surface area contributed by atoms with Gasteiger partial charge in [-0.1, -0.05) is 12.1 Å². The molecule has 1 amide bonds. The summed E-state index contributed by atoms with van der Waals surface area (Å²) < 4.78 is 38.0. The number of nitrogens with one attached hydrogen (secondary N) is 1. The van der Waals surface area contributed by atoms with E-state index in [4.69, 9.17) is 41.0 Å². The second-order valence-corrected chi connectivity index (χ2v) is 24.2. The van der Waals surface area contributed by atoms with Gasteiger partial charge in [-0.15, -0.1) is 22.7 Å². The van der Waals surface area contributed by atoms with Crippen LogP contribution in [0.3, 0.4) is 0 Å². The fourth-order valence-corrected chi connectivity index (χ4v) is 14.4. The van der Waals surface area contributed by atoms with E-state index in [1.54, 1.807) is 36.9 Å². The molecule has 10 heterocycles. The zero-order valence-corrected chi connectivity index (χ0v) is 52.6. The van der Waals surface area contributed by atoms with Crippen LogP contribution in [-0.2, 0) is 19.1 Å². The Labute approximate surface area is 521 Å². The number of amides is 1. The molecule has 0 bridgehead atoms. The standard InChI is InChI=1S/C31H43N7O3S.C25H31N5O4S.C6H14N2.CH3F/c1-40-27-8-7-24-6-4-9-33-29(24)30(27)37-14-5-13-36(16-17-37)26(22-28(39)32-10-15-35-11-2-3-12-35)25-23-42-31(34-25)38-18-20-41-21-19-38;1-33-21-6-5-18-4-2-7-26-23(18)24(21)29-9-3-8-28(10-11-29)20(16-22(31)32)19-17-35-25(27-19)30-12-14-34-15-13-30;7-3-6-8-4-1-2-5-8;1-2/h4,6-9,23,26H,2-3,5,10-22H2,1H3,(H,32,39);2,4-7,17,20H,3,8-16H2,1H3,(H,31,32);1-7H2;1H3/i;;;1D. The van der Waals surface area contributed by atoms with Crippen molar-refractivity contribution in [3.05, 3.63) is 83.1 Å². The highest BCUT2D eigenvalue weighted by atomic mass is 32.1. The van der Waals surface area contributed by atoms with E-state index >= 15 is 0 Å². The number of likely N-dealkylation sites (tertiary alicyclic amines) is 2. The summed E-state index contributed by atoms with van der Waals surface area (Å²) in [5.74, 6) is 0.942. The van der Waals surface area contributed by atoms with E-state index in [1.165, 1.54) is 38.8 Å². The summed E-state index contributed by atoms with van der Waals surface area (Å²) in [4.78, 5) is 63.3. The molecule has 4 N–H and O–H groups in total. The molecule has 0 radical (unpaired) electrons. The van der Waals surface area contributed by atoms with Crippen molar-refractivity contribution in [2.45, 2.75) is 63.5 Å². The lowest BCUT2D eigenvalue weighted by molar-refractivity contribution is -0.138. The third-order valence-corrected chi connectivity index (χ3v) is 18.9. The van der Waals surface area contributed by atoms with Crippen molar-refractivity contribution in [2.24, 2.45) is 5.73 Å². The fourth-order valence-electron chi connectivity index (χ4n) is 12.6. The van der Waals surface area contributed by atoms with Gasteiger partial charge < -0.3 is 64.5 Å². The van der Waals surface area contributed by atoms with E-state index in [1.807, 2.05) is 48.1 Å². The van der Waals surface area contributed by atoms with Gasteiger partial charge >= 0.3 is 5.97 Å². The first-order valence-corrected chi connectivity index (χ1v) is 32.8. The number of carbonyl (C=O) groups excluding carboxylic acids is 1. The lowest BCUT2D eigenvalue weighted by Gasteiger charge is -2.30. The van der Waals surface area contributed by atoms with Gasteiger partial charge in [-0.25, -0.2) is 9.97 Å². The maximum absolute atomic E-state index is 13.3. The summed E-state index contributed by atoms with van der Waals surface area (Å²) in [5.41, 5.74) is 11.2. The number of ether oxygens (including phenoxy) is 4. The molecule has 6 aliphatic rings. The van der Waals surface area contributed by atoms with E-state index in [0.717, 1.165) is 204 Å². The lowest BCUT2D eigenvalue weighted by Crippen LogP contribution is -2.39. The Morgan fingerprint density at radius 2 is 1.08 bits per heavy atom. The van der Waals surface area contributed by atoms with Crippen LogP contribution in [0.15, 0.2) is 71.7 Å². The van der Waals surface area contributed by atoms with Crippen molar-refractivity contribution in [1.29, 1.82) is 0 Å². The fraction of sp³-hybridized carbons (Fsp3) is 0.587. The van der Waals surface area contributed by atoms with E-state index in [9.17, 15) is 19.1 Å². The minimum Gasteiger partial charge on any atom is -0.494 e. The van der Waals surface area contributed by atoms with Crippen molar-refractivity contribution >= 4 is 78.0 Å². The molecule has 0 aliphatic carbocycles. The van der Waals surface area contributed by atoms with Gasteiger partial charge in [0.2, 0.25) is 5.91 Å². The van der Waals surface area contributed by atoms with E-state index in [-0.39, 0.29) is 24.4 Å². The summed E-state index contributed by atoms with van der Waals surface area (Å²) in [6.07, 6.45) is 11.3. The van der Waals surface area contributed by atoms with Crippen LogP contribution >= 0.6 is 22.7 Å². The van der Waals surface area contributed by atoms with Crippen LogP contribution in [-0.4, -0.2) is 235 Å².